The second-order valence-electron chi connectivity index (χ2n) is 3.48. The molecule has 0 aliphatic carbocycles. The molecule has 90 valence electrons. The van der Waals surface area contributed by atoms with Gasteiger partial charge in [0.05, 0.1) is 11.7 Å². The number of aromatic nitrogens is 2. The lowest BCUT2D eigenvalue weighted by molar-refractivity contribution is -0.120. The molecule has 0 atom stereocenters. The van der Waals surface area contributed by atoms with Gasteiger partial charge in [0, 0.05) is 5.39 Å². The quantitative estimate of drug-likeness (QED) is 0.701. The summed E-state index contributed by atoms with van der Waals surface area (Å²) in [7, 11) is 0. The molecule has 4 heteroatoms. The third-order valence-corrected chi connectivity index (χ3v) is 2.28. The largest absolute Gasteiger partial charge is 0.429 e. The summed E-state index contributed by atoms with van der Waals surface area (Å²) >= 11 is 0. The molecule has 0 bridgehead atoms. The summed E-state index contributed by atoms with van der Waals surface area (Å²) < 4.78 is 4.53. The Morgan fingerprint density at radius 2 is 1.72 bits per heavy atom. The number of aromatic amines is 1. The molecule has 0 saturated carbocycles. The standard InChI is InChI=1S/C7H6N2.C7H6O2/c1-2-4-7-6(3-1)5-8-9-7;8-6-9-7-4-2-1-3-5-7/h1-5H,(H,8,9);1-6H. The van der Waals surface area contributed by atoms with E-state index in [4.69, 9.17) is 0 Å². The third kappa shape index (κ3) is 3.18. The van der Waals surface area contributed by atoms with Crippen molar-refractivity contribution in [3.63, 3.8) is 0 Å². The monoisotopic (exact) mass is 240 g/mol. The van der Waals surface area contributed by atoms with Crippen molar-refractivity contribution in [2.75, 3.05) is 0 Å². The first-order valence-electron chi connectivity index (χ1n) is 5.43. The molecule has 18 heavy (non-hydrogen) atoms. The molecule has 0 saturated heterocycles. The van der Waals surface area contributed by atoms with E-state index in [1.165, 1.54) is 0 Å². The first-order chi connectivity index (χ1) is 8.90. The molecule has 0 unspecified atom stereocenters. The maximum Gasteiger partial charge on any atom is 0.298 e. The lowest BCUT2D eigenvalue weighted by atomic mass is 10.3. The van der Waals surface area contributed by atoms with Gasteiger partial charge in [0.1, 0.15) is 5.75 Å². The summed E-state index contributed by atoms with van der Waals surface area (Å²) in [5.41, 5.74) is 1.09. The molecule has 1 heterocycles. The molecule has 0 amide bonds. The average molecular weight is 240 g/mol. The van der Waals surface area contributed by atoms with Gasteiger partial charge in [-0.2, -0.15) is 5.10 Å². The SMILES string of the molecule is O=COc1ccccc1.c1ccc2[nH]ncc2c1. The first kappa shape index (κ1) is 11.9. The van der Waals surface area contributed by atoms with E-state index >= 15 is 0 Å². The topological polar surface area (TPSA) is 55.0 Å². The van der Waals surface area contributed by atoms with Gasteiger partial charge in [-0.1, -0.05) is 36.4 Å². The highest BCUT2D eigenvalue weighted by Crippen LogP contribution is 2.07. The maximum atomic E-state index is 9.75. The zero-order valence-corrected chi connectivity index (χ0v) is 9.61. The van der Waals surface area contributed by atoms with Gasteiger partial charge in [-0.3, -0.25) is 9.89 Å². The Hall–Kier alpha value is -2.62. The Balaban J connectivity index is 0.000000134. The number of para-hydroxylation sites is 2. The number of hydrogen-bond acceptors (Lipinski definition) is 3. The van der Waals surface area contributed by atoms with E-state index < -0.39 is 0 Å². The van der Waals surface area contributed by atoms with Gasteiger partial charge in [0.15, 0.2) is 0 Å². The number of nitrogens with one attached hydrogen (secondary N) is 1. The predicted octanol–water partition coefficient (Wildman–Crippen LogP) is 2.78. The Morgan fingerprint density at radius 3 is 2.44 bits per heavy atom. The molecule has 0 aliphatic rings. The second-order valence-corrected chi connectivity index (χ2v) is 3.48. The molecule has 0 spiro atoms. The van der Waals surface area contributed by atoms with Crippen molar-refractivity contribution in [2.24, 2.45) is 0 Å². The number of hydrogen-bond donors (Lipinski definition) is 1. The summed E-state index contributed by atoms with van der Waals surface area (Å²) in [6.45, 7) is 0.412. The summed E-state index contributed by atoms with van der Waals surface area (Å²) in [5, 5.41) is 7.91. The number of ether oxygens (including phenoxy) is 1. The van der Waals surface area contributed by atoms with Crippen LogP contribution in [-0.4, -0.2) is 16.7 Å². The highest BCUT2D eigenvalue weighted by Gasteiger charge is 1.88. The van der Waals surface area contributed by atoms with Crippen LogP contribution in [0.4, 0.5) is 0 Å². The van der Waals surface area contributed by atoms with E-state index in [0.717, 1.165) is 10.9 Å². The molecule has 3 aromatic rings. The van der Waals surface area contributed by atoms with Crippen LogP contribution in [0.1, 0.15) is 0 Å². The van der Waals surface area contributed by atoms with Gasteiger partial charge in [-0.25, -0.2) is 0 Å². The van der Waals surface area contributed by atoms with Gasteiger partial charge in [-0.15, -0.1) is 0 Å². The number of carbonyl (C=O) groups excluding carboxylic acids is 1. The van der Waals surface area contributed by atoms with Gasteiger partial charge < -0.3 is 4.74 Å². The minimum atomic E-state index is 0.412. The lowest BCUT2D eigenvalue weighted by Gasteiger charge is -1.92. The van der Waals surface area contributed by atoms with E-state index in [1.807, 2.05) is 36.5 Å². The number of H-pyrrole nitrogens is 1. The van der Waals surface area contributed by atoms with Crippen molar-refractivity contribution in [2.45, 2.75) is 0 Å². The van der Waals surface area contributed by atoms with Crippen molar-refractivity contribution >= 4 is 17.4 Å². The van der Waals surface area contributed by atoms with Crippen LogP contribution >= 0.6 is 0 Å². The van der Waals surface area contributed by atoms with Crippen LogP contribution < -0.4 is 4.74 Å². The number of fused-ring (bicyclic) bond motifs is 1. The van der Waals surface area contributed by atoms with Gasteiger partial charge >= 0.3 is 0 Å². The fourth-order valence-electron chi connectivity index (χ4n) is 1.44. The summed E-state index contributed by atoms with van der Waals surface area (Å²) in [6, 6.07) is 16.9. The van der Waals surface area contributed by atoms with Crippen LogP contribution in [0.2, 0.25) is 0 Å². The van der Waals surface area contributed by atoms with Crippen molar-refractivity contribution in [1.82, 2.24) is 10.2 Å². The Morgan fingerprint density at radius 1 is 1.00 bits per heavy atom. The maximum absolute atomic E-state index is 9.75. The molecule has 2 aromatic carbocycles. The van der Waals surface area contributed by atoms with Gasteiger partial charge in [0.25, 0.3) is 6.47 Å². The van der Waals surface area contributed by atoms with Crippen molar-refractivity contribution < 1.29 is 9.53 Å². The fourth-order valence-corrected chi connectivity index (χ4v) is 1.44. The number of nitrogens with zero attached hydrogens (tertiary/aromatic N) is 1. The zero-order chi connectivity index (χ0) is 12.6. The number of carbonyl (C=O) groups is 1. The van der Waals surface area contributed by atoms with E-state index in [2.05, 4.69) is 14.9 Å². The normalized spacial score (nSPS) is 9.33. The van der Waals surface area contributed by atoms with Crippen molar-refractivity contribution in [3.05, 3.63) is 60.8 Å². The minimum absolute atomic E-state index is 0.412. The molecule has 3 rings (SSSR count). The highest BCUT2D eigenvalue weighted by atomic mass is 16.5. The summed E-state index contributed by atoms with van der Waals surface area (Å²) in [6.07, 6.45) is 1.81. The number of rotatable bonds is 2. The van der Waals surface area contributed by atoms with Crippen LogP contribution in [0.5, 0.6) is 5.75 Å². The molecule has 1 N–H and O–H groups in total. The van der Waals surface area contributed by atoms with Crippen molar-refractivity contribution in [1.29, 1.82) is 0 Å². The van der Waals surface area contributed by atoms with Gasteiger partial charge in [-0.05, 0) is 18.2 Å². The Labute approximate surface area is 104 Å². The van der Waals surface area contributed by atoms with Crippen LogP contribution in [0.3, 0.4) is 0 Å². The van der Waals surface area contributed by atoms with Crippen LogP contribution in [-0.2, 0) is 4.79 Å². The van der Waals surface area contributed by atoms with Crippen LogP contribution in [0.25, 0.3) is 10.9 Å². The van der Waals surface area contributed by atoms with E-state index in [0.29, 0.717) is 12.2 Å². The Kier molecular flexibility index (Phi) is 4.08. The molecule has 1 aromatic heterocycles. The smallest absolute Gasteiger partial charge is 0.298 e. The molecule has 0 radical (unpaired) electrons. The highest BCUT2D eigenvalue weighted by molar-refractivity contribution is 5.77. The Bertz CT molecular complexity index is 575. The first-order valence-corrected chi connectivity index (χ1v) is 5.43. The fraction of sp³-hybridized carbons (Fsp3) is 0. The molecular weight excluding hydrogens is 228 g/mol. The molecular formula is C14H12N2O2. The number of benzene rings is 2. The average Bonchev–Trinajstić information content (AvgIpc) is 2.89. The second kappa shape index (κ2) is 6.20. The van der Waals surface area contributed by atoms with E-state index in [-0.39, 0.29) is 0 Å². The molecule has 0 aliphatic heterocycles. The van der Waals surface area contributed by atoms with Gasteiger partial charge in [0.2, 0.25) is 0 Å². The van der Waals surface area contributed by atoms with Crippen LogP contribution in [0.15, 0.2) is 60.8 Å². The lowest BCUT2D eigenvalue weighted by Crippen LogP contribution is -1.85. The van der Waals surface area contributed by atoms with Crippen molar-refractivity contribution in [3.8, 4) is 5.75 Å². The summed E-state index contributed by atoms with van der Waals surface area (Å²) in [4.78, 5) is 9.75. The van der Waals surface area contributed by atoms with E-state index in [9.17, 15) is 4.79 Å². The minimum Gasteiger partial charge on any atom is -0.429 e. The third-order valence-electron chi connectivity index (χ3n) is 2.28. The van der Waals surface area contributed by atoms with E-state index in [1.54, 1.807) is 24.3 Å². The summed E-state index contributed by atoms with van der Waals surface area (Å²) in [5.74, 6) is 0.576. The molecule has 0 fully saturated rings. The predicted molar refractivity (Wildman–Crippen MR) is 69.2 cm³/mol. The zero-order valence-electron chi connectivity index (χ0n) is 9.61. The van der Waals surface area contributed by atoms with Crippen LogP contribution in [0, 0.1) is 0 Å². The molecule has 4 nitrogen and oxygen atoms in total.